The summed E-state index contributed by atoms with van der Waals surface area (Å²) in [5.41, 5.74) is 0.631. The molecule has 0 saturated heterocycles. The van der Waals surface area contributed by atoms with Gasteiger partial charge >= 0.3 is 6.61 Å². The molecule has 1 aromatic rings. The Hall–Kier alpha value is -1.89. The van der Waals surface area contributed by atoms with Crippen molar-refractivity contribution in [2.75, 3.05) is 26.8 Å². The Bertz CT molecular complexity index is 482. The monoisotopic (exact) mass is 329 g/mol. The second-order valence-electron chi connectivity index (χ2n) is 5.31. The van der Waals surface area contributed by atoms with Crippen LogP contribution in [-0.2, 0) is 11.3 Å². The van der Waals surface area contributed by atoms with Crippen LogP contribution in [0, 0.1) is 5.92 Å². The number of hydrogen-bond acceptors (Lipinski definition) is 3. The minimum Gasteiger partial charge on any atom is -0.434 e. The second kappa shape index (κ2) is 10.8. The average Bonchev–Trinajstić information content (AvgIpc) is 2.50. The molecule has 0 amide bonds. The Labute approximate surface area is 136 Å². The van der Waals surface area contributed by atoms with E-state index >= 15 is 0 Å². The number of aliphatic imine (C=N–C) groups is 1. The van der Waals surface area contributed by atoms with Crippen LogP contribution in [0.3, 0.4) is 0 Å². The standard InChI is InChI=1S/C16H25F2N3O2/c1-12(2)11-22-9-8-20-16(19-3)21-10-13-6-4-5-7-14(13)23-15(17)18/h4-7,12,15H,8-11H2,1-3H3,(H2,19,20,21). The lowest BCUT2D eigenvalue weighted by molar-refractivity contribution is -0.0504. The maximum absolute atomic E-state index is 12.4. The summed E-state index contributed by atoms with van der Waals surface area (Å²) in [5.74, 6) is 1.23. The summed E-state index contributed by atoms with van der Waals surface area (Å²) in [4.78, 5) is 4.08. The smallest absolute Gasteiger partial charge is 0.387 e. The lowest BCUT2D eigenvalue weighted by Crippen LogP contribution is -2.38. The number of alkyl halides is 2. The van der Waals surface area contributed by atoms with Gasteiger partial charge in [0.2, 0.25) is 0 Å². The van der Waals surface area contributed by atoms with Crippen molar-refractivity contribution in [1.29, 1.82) is 0 Å². The Kier molecular flexibility index (Phi) is 8.97. The highest BCUT2D eigenvalue weighted by Crippen LogP contribution is 2.19. The van der Waals surface area contributed by atoms with Crippen LogP contribution in [-0.4, -0.2) is 39.4 Å². The van der Waals surface area contributed by atoms with Gasteiger partial charge in [-0.05, 0) is 12.0 Å². The van der Waals surface area contributed by atoms with Crippen molar-refractivity contribution in [3.05, 3.63) is 29.8 Å². The van der Waals surface area contributed by atoms with E-state index in [1.807, 2.05) is 0 Å². The molecular formula is C16H25F2N3O2. The van der Waals surface area contributed by atoms with Gasteiger partial charge in [0.1, 0.15) is 5.75 Å². The van der Waals surface area contributed by atoms with Crippen LogP contribution >= 0.6 is 0 Å². The van der Waals surface area contributed by atoms with Crippen LogP contribution in [0.2, 0.25) is 0 Å². The van der Waals surface area contributed by atoms with Gasteiger partial charge in [-0.25, -0.2) is 0 Å². The van der Waals surface area contributed by atoms with Gasteiger partial charge in [0.05, 0.1) is 6.61 Å². The molecule has 0 aliphatic rings. The predicted octanol–water partition coefficient (Wildman–Crippen LogP) is 2.63. The van der Waals surface area contributed by atoms with Crippen molar-refractivity contribution < 1.29 is 18.3 Å². The molecule has 0 heterocycles. The van der Waals surface area contributed by atoms with Gasteiger partial charge in [-0.15, -0.1) is 0 Å². The minimum atomic E-state index is -2.84. The number of rotatable bonds is 9. The number of ether oxygens (including phenoxy) is 2. The molecule has 0 spiro atoms. The fraction of sp³-hybridized carbons (Fsp3) is 0.562. The van der Waals surface area contributed by atoms with Gasteiger partial charge in [0, 0.05) is 32.3 Å². The Morgan fingerprint density at radius 2 is 1.96 bits per heavy atom. The van der Waals surface area contributed by atoms with Gasteiger partial charge in [0.15, 0.2) is 5.96 Å². The zero-order chi connectivity index (χ0) is 17.1. The molecule has 0 radical (unpaired) electrons. The zero-order valence-electron chi connectivity index (χ0n) is 13.8. The molecule has 0 aliphatic heterocycles. The fourth-order valence-electron chi connectivity index (χ4n) is 1.82. The van der Waals surface area contributed by atoms with E-state index in [0.717, 1.165) is 0 Å². The second-order valence-corrected chi connectivity index (χ2v) is 5.31. The first kappa shape index (κ1) is 19.2. The number of hydrogen-bond donors (Lipinski definition) is 2. The van der Waals surface area contributed by atoms with Crippen LogP contribution in [0.15, 0.2) is 29.3 Å². The first-order valence-corrected chi connectivity index (χ1v) is 7.58. The topological polar surface area (TPSA) is 54.9 Å². The lowest BCUT2D eigenvalue weighted by atomic mass is 10.2. The van der Waals surface area contributed by atoms with E-state index in [1.54, 1.807) is 25.2 Å². The van der Waals surface area contributed by atoms with E-state index in [0.29, 0.717) is 43.7 Å². The fourth-order valence-corrected chi connectivity index (χ4v) is 1.82. The molecule has 0 aliphatic carbocycles. The summed E-state index contributed by atoms with van der Waals surface area (Å²) in [6.45, 7) is 3.57. The molecule has 0 saturated carbocycles. The summed E-state index contributed by atoms with van der Waals surface area (Å²) < 4.78 is 34.7. The molecule has 0 fully saturated rings. The van der Waals surface area contributed by atoms with Crippen LogP contribution in [0.5, 0.6) is 5.75 Å². The molecule has 1 aromatic carbocycles. The molecule has 0 unspecified atom stereocenters. The van der Waals surface area contributed by atoms with Gasteiger partial charge in [0.25, 0.3) is 0 Å². The van der Waals surface area contributed by atoms with E-state index in [4.69, 9.17) is 4.74 Å². The summed E-state index contributed by atoms with van der Waals surface area (Å²) in [7, 11) is 1.64. The average molecular weight is 329 g/mol. The van der Waals surface area contributed by atoms with E-state index in [2.05, 4.69) is 34.2 Å². The molecule has 5 nitrogen and oxygen atoms in total. The van der Waals surface area contributed by atoms with Crippen molar-refractivity contribution in [3.63, 3.8) is 0 Å². The zero-order valence-corrected chi connectivity index (χ0v) is 13.8. The molecule has 130 valence electrons. The Balaban J connectivity index is 2.40. The summed E-state index contributed by atoms with van der Waals surface area (Å²) >= 11 is 0. The third-order valence-electron chi connectivity index (χ3n) is 2.85. The summed E-state index contributed by atoms with van der Waals surface area (Å²) in [6, 6.07) is 6.66. The normalized spacial score (nSPS) is 11.9. The van der Waals surface area contributed by atoms with Crippen molar-refractivity contribution in [2.24, 2.45) is 10.9 Å². The van der Waals surface area contributed by atoms with E-state index in [-0.39, 0.29) is 5.75 Å². The highest BCUT2D eigenvalue weighted by molar-refractivity contribution is 5.79. The van der Waals surface area contributed by atoms with Crippen molar-refractivity contribution in [2.45, 2.75) is 27.0 Å². The van der Waals surface area contributed by atoms with Crippen molar-refractivity contribution in [3.8, 4) is 5.75 Å². The quantitative estimate of drug-likeness (QED) is 0.415. The third-order valence-corrected chi connectivity index (χ3v) is 2.85. The maximum Gasteiger partial charge on any atom is 0.387 e. The number of para-hydroxylation sites is 1. The van der Waals surface area contributed by atoms with Gasteiger partial charge in [-0.1, -0.05) is 32.0 Å². The highest BCUT2D eigenvalue weighted by atomic mass is 19.3. The van der Waals surface area contributed by atoms with E-state index < -0.39 is 6.61 Å². The van der Waals surface area contributed by atoms with Crippen LogP contribution in [0.1, 0.15) is 19.4 Å². The molecule has 0 atom stereocenters. The van der Waals surface area contributed by atoms with Crippen LogP contribution in [0.25, 0.3) is 0 Å². The van der Waals surface area contributed by atoms with Crippen LogP contribution < -0.4 is 15.4 Å². The third kappa shape index (κ3) is 8.35. The molecule has 2 N–H and O–H groups in total. The Morgan fingerprint density at radius 3 is 2.61 bits per heavy atom. The molecule has 1 rings (SSSR count). The number of guanidine groups is 1. The molecule has 0 bridgehead atoms. The summed E-state index contributed by atoms with van der Waals surface area (Å²) in [5, 5.41) is 6.16. The molecule has 23 heavy (non-hydrogen) atoms. The largest absolute Gasteiger partial charge is 0.434 e. The van der Waals surface area contributed by atoms with Gasteiger partial charge < -0.3 is 20.1 Å². The van der Waals surface area contributed by atoms with E-state index in [1.165, 1.54) is 6.07 Å². The highest BCUT2D eigenvalue weighted by Gasteiger charge is 2.09. The first-order chi connectivity index (χ1) is 11.0. The number of benzene rings is 1. The Morgan fingerprint density at radius 1 is 1.22 bits per heavy atom. The van der Waals surface area contributed by atoms with Crippen LogP contribution in [0.4, 0.5) is 8.78 Å². The van der Waals surface area contributed by atoms with Gasteiger partial charge in [-0.3, -0.25) is 4.99 Å². The summed E-state index contributed by atoms with van der Waals surface area (Å²) in [6.07, 6.45) is 0. The maximum atomic E-state index is 12.4. The molecule has 7 heteroatoms. The SMILES string of the molecule is CN=C(NCCOCC(C)C)NCc1ccccc1OC(F)F. The number of halogens is 2. The predicted molar refractivity (Wildman–Crippen MR) is 86.9 cm³/mol. The van der Waals surface area contributed by atoms with Crippen molar-refractivity contribution in [1.82, 2.24) is 10.6 Å². The van der Waals surface area contributed by atoms with Crippen molar-refractivity contribution >= 4 is 5.96 Å². The number of nitrogens with zero attached hydrogens (tertiary/aromatic N) is 1. The number of nitrogens with one attached hydrogen (secondary N) is 2. The molecule has 0 aromatic heterocycles. The minimum absolute atomic E-state index is 0.158. The lowest BCUT2D eigenvalue weighted by Gasteiger charge is -2.14. The molecular weight excluding hydrogens is 304 g/mol. The first-order valence-electron chi connectivity index (χ1n) is 7.58. The van der Waals surface area contributed by atoms with E-state index in [9.17, 15) is 8.78 Å². The van der Waals surface area contributed by atoms with Gasteiger partial charge in [-0.2, -0.15) is 8.78 Å².